The van der Waals surface area contributed by atoms with Gasteiger partial charge >= 0.3 is 0 Å². The third-order valence-electron chi connectivity index (χ3n) is 7.71. The minimum atomic E-state index is -1.45. The highest BCUT2D eigenvalue weighted by Crippen LogP contribution is 2.32. The Bertz CT molecular complexity index is 1680. The SMILES string of the molecule is CC(C)C[C@H](NC(=O)[C@@H](O)[C@H](N)Cc1ccccc1)C(=O)NCCOCCOCCOc1ccc2nc(/N=N/c3ccc(N(C)C)cc3)sc2c1. The number of hydrogen-bond acceptors (Lipinski definition) is 12. The van der Waals surface area contributed by atoms with E-state index in [1.807, 2.05) is 106 Å². The van der Waals surface area contributed by atoms with Gasteiger partial charge in [-0.15, -0.1) is 10.2 Å². The Labute approximate surface area is 303 Å². The number of amides is 2. The van der Waals surface area contributed by atoms with Gasteiger partial charge in [-0.05, 0) is 66.8 Å². The van der Waals surface area contributed by atoms with Crippen LogP contribution < -0.4 is 26.0 Å². The van der Waals surface area contributed by atoms with Gasteiger partial charge in [0.2, 0.25) is 11.0 Å². The Morgan fingerprint density at radius 1 is 0.922 bits per heavy atom. The standard InChI is InChI=1S/C37H49N7O6S/c1-25(2)22-32(40-36(47)34(45)30(38)23-26-8-6-5-7-9-26)35(46)39-16-17-48-18-19-49-20-21-50-29-14-15-31-33(24-29)51-37(41-31)43-42-27-10-12-28(13-11-27)44(3)4/h5-15,24-25,30,32,34,45H,16-23,38H2,1-4H3,(H,39,46)(H,40,47)/b43-42+/t30-,32+,34+/m1/s1. The first-order valence-electron chi connectivity index (χ1n) is 17.0. The van der Waals surface area contributed by atoms with Crippen LogP contribution in [0.5, 0.6) is 5.75 Å². The Hall–Kier alpha value is -4.47. The monoisotopic (exact) mass is 719 g/mol. The van der Waals surface area contributed by atoms with Crippen molar-refractivity contribution in [2.45, 2.75) is 44.9 Å². The number of hydrogen-bond donors (Lipinski definition) is 4. The van der Waals surface area contributed by atoms with Gasteiger partial charge < -0.3 is 40.6 Å². The molecule has 2 amide bonds. The number of nitrogens with zero attached hydrogens (tertiary/aromatic N) is 4. The van der Waals surface area contributed by atoms with Gasteiger partial charge in [0.15, 0.2) is 0 Å². The summed E-state index contributed by atoms with van der Waals surface area (Å²) in [5.41, 5.74) is 9.68. The average Bonchev–Trinajstić information content (AvgIpc) is 3.53. The molecule has 0 unspecified atom stereocenters. The fourth-order valence-corrected chi connectivity index (χ4v) is 5.82. The molecule has 1 aromatic heterocycles. The number of thiazole rings is 1. The summed E-state index contributed by atoms with van der Waals surface area (Å²) < 4.78 is 18.0. The largest absolute Gasteiger partial charge is 0.491 e. The molecule has 4 rings (SSSR count). The number of carbonyl (C=O) groups excluding carboxylic acids is 2. The van der Waals surface area contributed by atoms with Crippen molar-refractivity contribution in [3.05, 3.63) is 78.4 Å². The highest BCUT2D eigenvalue weighted by atomic mass is 32.1. The summed E-state index contributed by atoms with van der Waals surface area (Å²) in [4.78, 5) is 32.2. The number of aromatic nitrogens is 1. The van der Waals surface area contributed by atoms with E-state index in [2.05, 4.69) is 25.8 Å². The van der Waals surface area contributed by atoms with Crippen LogP contribution in [0.15, 0.2) is 83.0 Å². The fraction of sp³-hybridized carbons (Fsp3) is 0.432. The van der Waals surface area contributed by atoms with Crippen molar-refractivity contribution < 1.29 is 28.9 Å². The van der Waals surface area contributed by atoms with Crippen LogP contribution >= 0.6 is 11.3 Å². The summed E-state index contributed by atoms with van der Waals surface area (Å²) in [5, 5.41) is 25.1. The van der Waals surface area contributed by atoms with E-state index in [-0.39, 0.29) is 25.0 Å². The van der Waals surface area contributed by atoms with Gasteiger partial charge in [0.25, 0.3) is 5.91 Å². The molecule has 0 bridgehead atoms. The molecule has 0 aliphatic carbocycles. The Kier molecular flexibility index (Phi) is 15.7. The second-order valence-electron chi connectivity index (χ2n) is 12.6. The number of nitrogens with one attached hydrogen (secondary N) is 2. The Balaban J connectivity index is 1.08. The molecule has 0 fully saturated rings. The van der Waals surface area contributed by atoms with E-state index in [0.29, 0.717) is 50.2 Å². The topological polar surface area (TPSA) is 173 Å². The van der Waals surface area contributed by atoms with E-state index in [0.717, 1.165) is 27.2 Å². The van der Waals surface area contributed by atoms with Crippen LogP contribution in [0.1, 0.15) is 25.8 Å². The normalized spacial score (nSPS) is 13.3. The van der Waals surface area contributed by atoms with E-state index < -0.39 is 24.1 Å². The van der Waals surface area contributed by atoms with Gasteiger partial charge in [-0.3, -0.25) is 9.59 Å². The number of carbonyl (C=O) groups is 2. The molecule has 0 aliphatic heterocycles. The summed E-state index contributed by atoms with van der Waals surface area (Å²) in [6.07, 6.45) is -0.705. The molecule has 1 heterocycles. The molecular weight excluding hydrogens is 671 g/mol. The molecule has 3 aromatic carbocycles. The number of aliphatic hydroxyl groups is 1. The van der Waals surface area contributed by atoms with E-state index in [1.54, 1.807) is 0 Å². The maximum atomic E-state index is 12.9. The van der Waals surface area contributed by atoms with Gasteiger partial charge in [0, 0.05) is 32.4 Å². The second-order valence-corrected chi connectivity index (χ2v) is 13.6. The molecule has 13 nitrogen and oxygen atoms in total. The van der Waals surface area contributed by atoms with E-state index in [4.69, 9.17) is 19.9 Å². The van der Waals surface area contributed by atoms with Crippen LogP contribution in [0.25, 0.3) is 10.2 Å². The molecule has 51 heavy (non-hydrogen) atoms. The number of rotatable bonds is 21. The molecule has 3 atom stereocenters. The summed E-state index contributed by atoms with van der Waals surface area (Å²) in [7, 11) is 3.98. The minimum absolute atomic E-state index is 0.136. The molecule has 0 saturated carbocycles. The lowest BCUT2D eigenvalue weighted by atomic mass is 10.00. The van der Waals surface area contributed by atoms with Crippen molar-refractivity contribution in [3.8, 4) is 5.75 Å². The summed E-state index contributed by atoms with van der Waals surface area (Å²) in [6, 6.07) is 21.3. The number of fused-ring (bicyclic) bond motifs is 1. The van der Waals surface area contributed by atoms with Crippen molar-refractivity contribution in [3.63, 3.8) is 0 Å². The van der Waals surface area contributed by atoms with Crippen molar-refractivity contribution >= 4 is 49.9 Å². The van der Waals surface area contributed by atoms with Crippen LogP contribution in [-0.2, 0) is 25.5 Å². The fourth-order valence-electron chi connectivity index (χ4n) is 5.01. The van der Waals surface area contributed by atoms with Crippen molar-refractivity contribution in [2.24, 2.45) is 21.9 Å². The average molecular weight is 720 g/mol. The van der Waals surface area contributed by atoms with Crippen LogP contribution in [0.3, 0.4) is 0 Å². The molecule has 0 radical (unpaired) electrons. The molecule has 14 heteroatoms. The highest BCUT2D eigenvalue weighted by molar-refractivity contribution is 7.21. The number of nitrogens with two attached hydrogens (primary N) is 1. The van der Waals surface area contributed by atoms with Crippen LogP contribution in [0.4, 0.5) is 16.5 Å². The highest BCUT2D eigenvalue weighted by Gasteiger charge is 2.28. The summed E-state index contributed by atoms with van der Waals surface area (Å²) in [6.45, 7) is 5.90. The first kappa shape index (κ1) is 39.3. The lowest BCUT2D eigenvalue weighted by molar-refractivity contribution is -0.135. The van der Waals surface area contributed by atoms with E-state index in [1.165, 1.54) is 11.3 Å². The third kappa shape index (κ3) is 13.3. The number of benzene rings is 3. The lowest BCUT2D eigenvalue weighted by Crippen LogP contribution is -2.54. The van der Waals surface area contributed by atoms with Crippen LogP contribution in [0, 0.1) is 5.92 Å². The van der Waals surface area contributed by atoms with Crippen molar-refractivity contribution in [2.75, 3.05) is 58.6 Å². The predicted octanol–water partition coefficient (Wildman–Crippen LogP) is 4.77. The second kappa shape index (κ2) is 20.4. The predicted molar refractivity (Wildman–Crippen MR) is 200 cm³/mol. The summed E-state index contributed by atoms with van der Waals surface area (Å²) >= 11 is 1.44. The number of aliphatic hydroxyl groups excluding tert-OH is 1. The van der Waals surface area contributed by atoms with Gasteiger partial charge in [0.1, 0.15) is 24.5 Å². The smallest absolute Gasteiger partial charge is 0.251 e. The molecule has 0 aliphatic rings. The van der Waals surface area contributed by atoms with Crippen molar-refractivity contribution in [1.29, 1.82) is 0 Å². The van der Waals surface area contributed by atoms with Crippen LogP contribution in [0.2, 0.25) is 0 Å². The zero-order valence-corrected chi connectivity index (χ0v) is 30.5. The zero-order chi connectivity index (χ0) is 36.6. The maximum absolute atomic E-state index is 12.9. The van der Waals surface area contributed by atoms with Crippen LogP contribution in [-0.4, -0.2) is 93.8 Å². The quantitative estimate of drug-likeness (QED) is 0.0699. The first-order chi connectivity index (χ1) is 24.6. The maximum Gasteiger partial charge on any atom is 0.251 e. The molecule has 0 saturated heterocycles. The molecule has 5 N–H and O–H groups in total. The number of ether oxygens (including phenoxy) is 3. The van der Waals surface area contributed by atoms with Gasteiger partial charge in [-0.2, -0.15) is 0 Å². The third-order valence-corrected chi connectivity index (χ3v) is 8.61. The lowest BCUT2D eigenvalue weighted by Gasteiger charge is -2.24. The van der Waals surface area contributed by atoms with Crippen molar-refractivity contribution in [1.82, 2.24) is 15.6 Å². The minimum Gasteiger partial charge on any atom is -0.491 e. The summed E-state index contributed by atoms with van der Waals surface area (Å²) in [5.74, 6) is -0.172. The zero-order valence-electron chi connectivity index (χ0n) is 29.7. The molecule has 0 spiro atoms. The van der Waals surface area contributed by atoms with E-state index >= 15 is 0 Å². The van der Waals surface area contributed by atoms with Gasteiger partial charge in [-0.25, -0.2) is 4.98 Å². The number of anilines is 1. The molecular formula is C37H49N7O6S. The van der Waals surface area contributed by atoms with E-state index in [9.17, 15) is 14.7 Å². The number of azo groups is 1. The van der Waals surface area contributed by atoms with Gasteiger partial charge in [0.05, 0.1) is 42.3 Å². The van der Waals surface area contributed by atoms with Gasteiger partial charge in [-0.1, -0.05) is 55.5 Å². The Morgan fingerprint density at radius 3 is 2.33 bits per heavy atom. The first-order valence-corrected chi connectivity index (χ1v) is 17.8. The molecule has 4 aromatic rings. The Morgan fingerprint density at radius 2 is 1.63 bits per heavy atom. The molecule has 274 valence electrons.